The van der Waals surface area contributed by atoms with Crippen LogP contribution in [0.5, 0.6) is 0 Å². The Labute approximate surface area is 142 Å². The number of aromatic nitrogens is 5. The monoisotopic (exact) mass is 344 g/mol. The Balaban J connectivity index is 1.59. The van der Waals surface area contributed by atoms with E-state index in [2.05, 4.69) is 30.7 Å². The van der Waals surface area contributed by atoms with Crippen molar-refractivity contribution in [2.24, 2.45) is 0 Å². The summed E-state index contributed by atoms with van der Waals surface area (Å²) in [4.78, 5) is 15.6. The van der Waals surface area contributed by atoms with Crippen LogP contribution in [-0.4, -0.2) is 38.0 Å². The van der Waals surface area contributed by atoms with Gasteiger partial charge in [0.2, 0.25) is 0 Å². The standard InChI is InChI=1S/C16H17FN6O2/c1-2-25-16(24)15-20-13(21-23-15)9-18-7-11-8-19-22-14(11)10-3-5-12(17)6-4-10/h3-6,8,18H,2,7,9H2,1H3,(H,19,22)(H,20,21,23). The largest absolute Gasteiger partial charge is 0.460 e. The highest BCUT2D eigenvalue weighted by Crippen LogP contribution is 2.21. The Hall–Kier alpha value is -3.07. The Morgan fingerprint density at radius 3 is 2.80 bits per heavy atom. The van der Waals surface area contributed by atoms with Crippen molar-refractivity contribution >= 4 is 5.97 Å². The van der Waals surface area contributed by atoms with Crippen LogP contribution in [0.25, 0.3) is 11.3 Å². The van der Waals surface area contributed by atoms with Crippen LogP contribution >= 0.6 is 0 Å². The predicted octanol–water partition coefficient (Wildman–Crippen LogP) is 1.80. The molecule has 0 spiro atoms. The molecule has 1 aromatic carbocycles. The SMILES string of the molecule is CCOC(=O)c1n[nH]c(CNCc2cn[nH]c2-c2ccc(F)cc2)n1. The Morgan fingerprint density at radius 1 is 1.24 bits per heavy atom. The molecule has 0 saturated carbocycles. The van der Waals surface area contributed by atoms with E-state index in [1.54, 1.807) is 25.3 Å². The van der Waals surface area contributed by atoms with Crippen LogP contribution in [-0.2, 0) is 17.8 Å². The zero-order chi connectivity index (χ0) is 17.6. The molecular formula is C16H17FN6O2. The van der Waals surface area contributed by atoms with Crippen LogP contribution in [0.2, 0.25) is 0 Å². The second-order valence-electron chi connectivity index (χ2n) is 5.21. The average molecular weight is 344 g/mol. The van der Waals surface area contributed by atoms with Crippen molar-refractivity contribution in [3.8, 4) is 11.3 Å². The molecule has 0 unspecified atom stereocenters. The summed E-state index contributed by atoms with van der Waals surface area (Å²) in [6, 6.07) is 6.18. The van der Waals surface area contributed by atoms with Crippen molar-refractivity contribution in [2.75, 3.05) is 6.61 Å². The second kappa shape index (κ2) is 7.67. The van der Waals surface area contributed by atoms with Crippen LogP contribution in [0.3, 0.4) is 0 Å². The van der Waals surface area contributed by atoms with Crippen LogP contribution < -0.4 is 5.32 Å². The number of rotatable bonds is 7. The third-order valence-electron chi connectivity index (χ3n) is 3.45. The van der Waals surface area contributed by atoms with Gasteiger partial charge in [-0.2, -0.15) is 5.10 Å². The Kier molecular flexibility index (Phi) is 5.14. The second-order valence-corrected chi connectivity index (χ2v) is 5.21. The zero-order valence-corrected chi connectivity index (χ0v) is 13.5. The molecule has 3 aromatic rings. The number of nitrogens with one attached hydrogen (secondary N) is 3. The van der Waals surface area contributed by atoms with Gasteiger partial charge in [0, 0.05) is 17.7 Å². The molecule has 130 valence electrons. The summed E-state index contributed by atoms with van der Waals surface area (Å²) >= 11 is 0. The van der Waals surface area contributed by atoms with E-state index >= 15 is 0 Å². The number of carbonyl (C=O) groups excluding carboxylic acids is 1. The molecule has 0 aliphatic rings. The van der Waals surface area contributed by atoms with Gasteiger partial charge in [0.05, 0.1) is 25.0 Å². The fourth-order valence-electron chi connectivity index (χ4n) is 2.29. The van der Waals surface area contributed by atoms with Gasteiger partial charge in [-0.25, -0.2) is 14.2 Å². The number of ether oxygens (including phenoxy) is 1. The van der Waals surface area contributed by atoms with Crippen molar-refractivity contribution in [3.63, 3.8) is 0 Å². The summed E-state index contributed by atoms with van der Waals surface area (Å²) in [5, 5.41) is 16.6. The molecule has 3 rings (SSSR count). The lowest BCUT2D eigenvalue weighted by atomic mass is 10.1. The first-order valence-electron chi connectivity index (χ1n) is 7.74. The van der Waals surface area contributed by atoms with Gasteiger partial charge in [-0.05, 0) is 31.2 Å². The summed E-state index contributed by atoms with van der Waals surface area (Å²) in [6.45, 7) is 2.89. The van der Waals surface area contributed by atoms with Gasteiger partial charge >= 0.3 is 5.97 Å². The van der Waals surface area contributed by atoms with E-state index in [-0.39, 0.29) is 18.2 Å². The van der Waals surface area contributed by atoms with Crippen molar-refractivity contribution < 1.29 is 13.9 Å². The van der Waals surface area contributed by atoms with Gasteiger partial charge in [-0.3, -0.25) is 10.2 Å². The number of H-pyrrole nitrogens is 2. The molecule has 0 atom stereocenters. The smallest absolute Gasteiger partial charge is 0.378 e. The van der Waals surface area contributed by atoms with Gasteiger partial charge < -0.3 is 10.1 Å². The maximum atomic E-state index is 13.0. The van der Waals surface area contributed by atoms with E-state index in [0.29, 0.717) is 18.9 Å². The van der Waals surface area contributed by atoms with Gasteiger partial charge in [-0.15, -0.1) is 5.10 Å². The normalized spacial score (nSPS) is 10.8. The third-order valence-corrected chi connectivity index (χ3v) is 3.45. The molecule has 2 heterocycles. The summed E-state index contributed by atoms with van der Waals surface area (Å²) < 4.78 is 17.9. The van der Waals surface area contributed by atoms with E-state index in [0.717, 1.165) is 16.8 Å². The molecule has 3 N–H and O–H groups in total. The fourth-order valence-corrected chi connectivity index (χ4v) is 2.29. The minimum atomic E-state index is -0.557. The molecule has 0 bridgehead atoms. The number of benzene rings is 1. The third kappa shape index (κ3) is 4.07. The number of carbonyl (C=O) groups is 1. The predicted molar refractivity (Wildman–Crippen MR) is 86.9 cm³/mol. The van der Waals surface area contributed by atoms with Crippen LogP contribution in [0.15, 0.2) is 30.5 Å². The highest BCUT2D eigenvalue weighted by Gasteiger charge is 2.13. The van der Waals surface area contributed by atoms with Crippen LogP contribution in [0.1, 0.15) is 28.9 Å². The highest BCUT2D eigenvalue weighted by atomic mass is 19.1. The molecule has 2 aromatic heterocycles. The van der Waals surface area contributed by atoms with Crippen LogP contribution in [0, 0.1) is 5.82 Å². The summed E-state index contributed by atoms with van der Waals surface area (Å²) in [5.74, 6) is -0.312. The van der Waals surface area contributed by atoms with E-state index < -0.39 is 5.97 Å². The van der Waals surface area contributed by atoms with E-state index in [1.807, 2.05) is 0 Å². The molecule has 0 aliphatic carbocycles. The van der Waals surface area contributed by atoms with E-state index in [1.165, 1.54) is 12.1 Å². The van der Waals surface area contributed by atoms with Crippen molar-refractivity contribution in [1.29, 1.82) is 0 Å². The van der Waals surface area contributed by atoms with Gasteiger partial charge in [-0.1, -0.05) is 0 Å². The fraction of sp³-hybridized carbons (Fsp3) is 0.250. The lowest BCUT2D eigenvalue weighted by molar-refractivity contribution is 0.0512. The highest BCUT2D eigenvalue weighted by molar-refractivity contribution is 5.84. The maximum absolute atomic E-state index is 13.0. The quantitative estimate of drug-likeness (QED) is 0.564. The molecular weight excluding hydrogens is 327 g/mol. The van der Waals surface area contributed by atoms with Gasteiger partial charge in [0.25, 0.3) is 5.82 Å². The van der Waals surface area contributed by atoms with Gasteiger partial charge in [0.15, 0.2) is 0 Å². The van der Waals surface area contributed by atoms with Gasteiger partial charge in [0.1, 0.15) is 11.6 Å². The summed E-state index contributed by atoms with van der Waals surface area (Å²) in [7, 11) is 0. The number of nitrogens with zero attached hydrogens (tertiary/aromatic N) is 3. The molecule has 0 amide bonds. The molecule has 0 radical (unpaired) electrons. The number of hydrogen-bond donors (Lipinski definition) is 3. The Bertz CT molecular complexity index is 842. The molecule has 25 heavy (non-hydrogen) atoms. The number of aromatic amines is 2. The Morgan fingerprint density at radius 2 is 2.04 bits per heavy atom. The summed E-state index contributed by atoms with van der Waals surface area (Å²) in [6.07, 6.45) is 1.70. The number of hydrogen-bond acceptors (Lipinski definition) is 6. The van der Waals surface area contributed by atoms with E-state index in [4.69, 9.17) is 4.74 Å². The molecule has 8 nitrogen and oxygen atoms in total. The minimum absolute atomic E-state index is 0.00830. The van der Waals surface area contributed by atoms with Crippen molar-refractivity contribution in [1.82, 2.24) is 30.7 Å². The molecule has 9 heteroatoms. The number of halogens is 1. The van der Waals surface area contributed by atoms with Crippen molar-refractivity contribution in [2.45, 2.75) is 20.0 Å². The van der Waals surface area contributed by atoms with Crippen molar-refractivity contribution in [3.05, 3.63) is 53.5 Å². The topological polar surface area (TPSA) is 109 Å². The first-order chi connectivity index (χ1) is 12.2. The maximum Gasteiger partial charge on any atom is 0.378 e. The zero-order valence-electron chi connectivity index (χ0n) is 13.5. The lowest BCUT2D eigenvalue weighted by Crippen LogP contribution is -2.14. The summed E-state index contributed by atoms with van der Waals surface area (Å²) in [5.41, 5.74) is 2.59. The molecule has 0 fully saturated rings. The minimum Gasteiger partial charge on any atom is -0.460 e. The first kappa shape index (κ1) is 16.8. The lowest BCUT2D eigenvalue weighted by Gasteiger charge is -2.04. The number of esters is 1. The van der Waals surface area contributed by atoms with E-state index in [9.17, 15) is 9.18 Å². The molecule has 0 aliphatic heterocycles. The average Bonchev–Trinajstić information content (AvgIpc) is 3.26. The molecule has 0 saturated heterocycles. The first-order valence-corrected chi connectivity index (χ1v) is 7.74. The van der Waals surface area contributed by atoms with Crippen LogP contribution in [0.4, 0.5) is 4.39 Å².